The highest BCUT2D eigenvalue weighted by atomic mass is 19.1. The van der Waals surface area contributed by atoms with Crippen LogP contribution in [0.15, 0.2) is 42.5 Å². The first-order valence-corrected chi connectivity index (χ1v) is 9.36. The molecule has 0 spiro atoms. The van der Waals surface area contributed by atoms with Crippen LogP contribution in [0.25, 0.3) is 0 Å². The maximum Gasteiger partial charge on any atom is 0.233 e. The average molecular weight is 368 g/mol. The number of ether oxygens (including phenoxy) is 2. The van der Waals surface area contributed by atoms with Crippen LogP contribution < -0.4 is 14.4 Å². The molecule has 1 aliphatic carbocycles. The van der Waals surface area contributed by atoms with Crippen LogP contribution in [0.5, 0.6) is 11.5 Å². The molecule has 1 saturated carbocycles. The van der Waals surface area contributed by atoms with Gasteiger partial charge in [0.05, 0.1) is 11.1 Å². The number of para-hydroxylation sites is 1. The number of nitrogens with zero attached hydrogens (tertiary/aromatic N) is 2. The number of anilines is 1. The highest BCUT2D eigenvalue weighted by Crippen LogP contribution is 2.51. The Morgan fingerprint density at radius 2 is 1.70 bits per heavy atom. The summed E-state index contributed by atoms with van der Waals surface area (Å²) in [4.78, 5) is 17.2. The van der Waals surface area contributed by atoms with Gasteiger partial charge in [-0.2, -0.15) is 0 Å². The maximum atomic E-state index is 14.0. The molecule has 3 aliphatic rings. The zero-order valence-corrected chi connectivity index (χ0v) is 15.0. The number of fused-ring (bicyclic) bond motifs is 1. The number of hydrogen-bond acceptors (Lipinski definition) is 4. The predicted octanol–water partition coefficient (Wildman–Crippen LogP) is 2.93. The summed E-state index contributed by atoms with van der Waals surface area (Å²) in [7, 11) is 0. The summed E-state index contributed by atoms with van der Waals surface area (Å²) >= 11 is 0. The van der Waals surface area contributed by atoms with Gasteiger partial charge in [0.2, 0.25) is 12.7 Å². The van der Waals surface area contributed by atoms with Crippen molar-refractivity contribution in [1.82, 2.24) is 4.90 Å². The third-order valence-corrected chi connectivity index (χ3v) is 5.84. The highest BCUT2D eigenvalue weighted by molar-refractivity contribution is 5.91. The number of benzene rings is 2. The van der Waals surface area contributed by atoms with Crippen molar-refractivity contribution in [3.05, 3.63) is 53.8 Å². The normalized spacial score (nSPS) is 19.9. The van der Waals surface area contributed by atoms with E-state index in [0.29, 0.717) is 31.9 Å². The number of amides is 1. The van der Waals surface area contributed by atoms with Gasteiger partial charge in [-0.05, 0) is 42.7 Å². The van der Waals surface area contributed by atoms with Gasteiger partial charge in [0.1, 0.15) is 5.82 Å². The first kappa shape index (κ1) is 16.4. The summed E-state index contributed by atoms with van der Waals surface area (Å²) in [5.41, 5.74) is 1.19. The van der Waals surface area contributed by atoms with Crippen molar-refractivity contribution in [1.29, 1.82) is 0 Å². The molecule has 6 heteroatoms. The zero-order chi connectivity index (χ0) is 18.4. The predicted molar refractivity (Wildman–Crippen MR) is 98.7 cm³/mol. The summed E-state index contributed by atoms with van der Waals surface area (Å²) in [6.45, 7) is 2.74. The minimum absolute atomic E-state index is 0.176. The second kappa shape index (κ2) is 6.15. The lowest BCUT2D eigenvalue weighted by molar-refractivity contribution is -0.134. The fourth-order valence-electron chi connectivity index (χ4n) is 4.11. The number of carbonyl (C=O) groups excluding carboxylic acids is 1. The molecule has 27 heavy (non-hydrogen) atoms. The van der Waals surface area contributed by atoms with Crippen molar-refractivity contribution >= 4 is 11.6 Å². The lowest BCUT2D eigenvalue weighted by atomic mass is 9.93. The third kappa shape index (κ3) is 2.71. The summed E-state index contributed by atoms with van der Waals surface area (Å²) in [5.74, 6) is 1.42. The molecule has 0 radical (unpaired) electrons. The Morgan fingerprint density at radius 3 is 2.44 bits per heavy atom. The van der Waals surface area contributed by atoms with E-state index in [2.05, 4.69) is 0 Å². The number of carbonyl (C=O) groups is 1. The van der Waals surface area contributed by atoms with E-state index < -0.39 is 5.41 Å². The standard InChI is InChI=1S/C21H21FN2O3/c22-16-3-1-2-4-17(16)23-9-11-24(12-10-23)20(25)21(7-8-21)15-5-6-18-19(13-15)27-14-26-18/h1-6,13H,7-12,14H2. The number of rotatable bonds is 3. The largest absolute Gasteiger partial charge is 0.454 e. The first-order valence-electron chi connectivity index (χ1n) is 9.36. The molecular weight excluding hydrogens is 347 g/mol. The first-order chi connectivity index (χ1) is 13.2. The summed E-state index contributed by atoms with van der Waals surface area (Å²) in [5, 5.41) is 0. The molecule has 2 aromatic carbocycles. The van der Waals surface area contributed by atoms with E-state index in [1.807, 2.05) is 34.1 Å². The quantitative estimate of drug-likeness (QED) is 0.835. The van der Waals surface area contributed by atoms with Gasteiger partial charge >= 0.3 is 0 Å². The monoisotopic (exact) mass is 368 g/mol. The van der Waals surface area contributed by atoms with E-state index in [1.165, 1.54) is 6.07 Å². The van der Waals surface area contributed by atoms with Crippen molar-refractivity contribution < 1.29 is 18.7 Å². The van der Waals surface area contributed by atoms with Crippen molar-refractivity contribution in [2.45, 2.75) is 18.3 Å². The van der Waals surface area contributed by atoms with Crippen LogP contribution in [-0.4, -0.2) is 43.8 Å². The molecule has 2 aliphatic heterocycles. The van der Waals surface area contributed by atoms with Crippen LogP contribution in [0.2, 0.25) is 0 Å². The molecule has 1 saturated heterocycles. The molecule has 140 valence electrons. The Bertz CT molecular complexity index is 889. The lowest BCUT2D eigenvalue weighted by Crippen LogP contribution is -2.51. The summed E-state index contributed by atoms with van der Waals surface area (Å²) in [6, 6.07) is 12.6. The minimum Gasteiger partial charge on any atom is -0.454 e. The summed E-state index contributed by atoms with van der Waals surface area (Å²) in [6.07, 6.45) is 1.72. The van der Waals surface area contributed by atoms with Crippen molar-refractivity contribution in [2.75, 3.05) is 37.9 Å². The molecule has 2 fully saturated rings. The van der Waals surface area contributed by atoms with E-state index in [4.69, 9.17) is 9.47 Å². The molecule has 5 nitrogen and oxygen atoms in total. The maximum absolute atomic E-state index is 14.0. The second-order valence-corrected chi connectivity index (χ2v) is 7.38. The third-order valence-electron chi connectivity index (χ3n) is 5.84. The molecule has 5 rings (SSSR count). The van der Waals surface area contributed by atoms with Crippen LogP contribution in [0.4, 0.5) is 10.1 Å². The van der Waals surface area contributed by atoms with Crippen LogP contribution >= 0.6 is 0 Å². The van der Waals surface area contributed by atoms with Crippen molar-refractivity contribution in [2.24, 2.45) is 0 Å². The number of halogens is 1. The summed E-state index contributed by atoms with van der Waals surface area (Å²) < 4.78 is 24.9. The van der Waals surface area contributed by atoms with E-state index in [9.17, 15) is 9.18 Å². The van der Waals surface area contributed by atoms with E-state index in [1.54, 1.807) is 12.1 Å². The lowest BCUT2D eigenvalue weighted by Gasteiger charge is -2.38. The van der Waals surface area contributed by atoms with E-state index >= 15 is 0 Å². The Balaban J connectivity index is 1.30. The fraction of sp³-hybridized carbons (Fsp3) is 0.381. The topological polar surface area (TPSA) is 42.0 Å². The second-order valence-electron chi connectivity index (χ2n) is 7.38. The molecule has 1 amide bonds. The number of piperazine rings is 1. The van der Waals surface area contributed by atoms with Gasteiger partial charge in [0, 0.05) is 26.2 Å². The van der Waals surface area contributed by atoms with Gasteiger partial charge in [-0.1, -0.05) is 18.2 Å². The smallest absolute Gasteiger partial charge is 0.233 e. The Morgan fingerprint density at radius 1 is 0.963 bits per heavy atom. The van der Waals surface area contributed by atoms with Crippen LogP contribution in [-0.2, 0) is 10.2 Å². The minimum atomic E-state index is -0.429. The van der Waals surface area contributed by atoms with Crippen molar-refractivity contribution in [3.8, 4) is 11.5 Å². The van der Waals surface area contributed by atoms with Gasteiger partial charge in [-0.25, -0.2) is 4.39 Å². The van der Waals surface area contributed by atoms with Crippen LogP contribution in [0.1, 0.15) is 18.4 Å². The Labute approximate surface area is 157 Å². The highest BCUT2D eigenvalue weighted by Gasteiger charge is 2.53. The average Bonchev–Trinajstić information content (AvgIpc) is 3.38. The fourth-order valence-corrected chi connectivity index (χ4v) is 4.11. The number of hydrogen-bond donors (Lipinski definition) is 0. The van der Waals surface area contributed by atoms with Gasteiger partial charge in [-0.3, -0.25) is 4.79 Å². The van der Waals surface area contributed by atoms with Gasteiger partial charge in [0.15, 0.2) is 11.5 Å². The van der Waals surface area contributed by atoms with E-state index in [0.717, 1.165) is 29.9 Å². The van der Waals surface area contributed by atoms with Gasteiger partial charge in [0.25, 0.3) is 0 Å². The molecule has 0 N–H and O–H groups in total. The molecular formula is C21H21FN2O3. The molecule has 0 unspecified atom stereocenters. The van der Waals surface area contributed by atoms with Crippen LogP contribution in [0, 0.1) is 5.82 Å². The molecule has 2 heterocycles. The van der Waals surface area contributed by atoms with Crippen molar-refractivity contribution in [3.63, 3.8) is 0 Å². The molecule has 0 aromatic heterocycles. The van der Waals surface area contributed by atoms with E-state index in [-0.39, 0.29) is 18.5 Å². The molecule has 2 aromatic rings. The van der Waals surface area contributed by atoms with Crippen LogP contribution in [0.3, 0.4) is 0 Å². The zero-order valence-electron chi connectivity index (χ0n) is 15.0. The Kier molecular flexibility index (Phi) is 3.74. The molecule has 0 atom stereocenters. The SMILES string of the molecule is O=C(N1CCN(c2ccccc2F)CC1)C1(c2ccc3c(c2)OCO3)CC1. The molecule has 0 bridgehead atoms. The Hall–Kier alpha value is -2.76. The van der Waals surface area contributed by atoms with Gasteiger partial charge in [-0.15, -0.1) is 0 Å². The van der Waals surface area contributed by atoms with Gasteiger partial charge < -0.3 is 19.3 Å².